The van der Waals surface area contributed by atoms with Crippen LogP contribution in [0.25, 0.3) is 0 Å². The lowest BCUT2D eigenvalue weighted by Gasteiger charge is -2.54. The molecule has 3 aliphatic rings. The van der Waals surface area contributed by atoms with Crippen molar-refractivity contribution in [2.45, 2.75) is 78.9 Å². The number of amides is 2. The number of ether oxygens (including phenoxy) is 1. The molecule has 1 aromatic carbocycles. The molecule has 5 rings (SSSR count). The van der Waals surface area contributed by atoms with Crippen LogP contribution in [0.4, 0.5) is 10.2 Å². The minimum Gasteiger partial charge on any atom is -0.434 e. The highest BCUT2D eigenvalue weighted by molar-refractivity contribution is 5.97. The van der Waals surface area contributed by atoms with Gasteiger partial charge in [0, 0.05) is 43.7 Å². The second-order valence-electron chi connectivity index (χ2n) is 13.1. The van der Waals surface area contributed by atoms with Crippen LogP contribution in [0.3, 0.4) is 0 Å². The van der Waals surface area contributed by atoms with E-state index in [2.05, 4.69) is 39.2 Å². The SMILES string of the molecule is CC1CN[C@H](C(=O)N2CCC3(CC2)CN(c2ncnnc2Oc2ccc(F)cc2C(=O)N(C(C)C)C(C)C)C3)C[C@H]1C. The van der Waals surface area contributed by atoms with Gasteiger partial charge in [0.15, 0.2) is 5.82 Å². The second kappa shape index (κ2) is 12.1. The van der Waals surface area contributed by atoms with E-state index in [0.717, 1.165) is 52.0 Å². The van der Waals surface area contributed by atoms with Gasteiger partial charge in [0.05, 0.1) is 11.6 Å². The van der Waals surface area contributed by atoms with E-state index in [1.807, 2.05) is 32.6 Å². The standard InChI is InChI=1S/C31H44FN7O3/c1-19(2)39(20(3)4)29(40)24-14-23(32)7-8-26(24)42-28-27(34-18-35-36-28)38-16-31(17-38)9-11-37(12-10-31)30(41)25-13-21(5)22(6)15-33-25/h7-8,14,18-22,25,33H,9-13,15-17H2,1-6H3/t21-,22?,25+/m1/s1. The van der Waals surface area contributed by atoms with Gasteiger partial charge in [-0.3, -0.25) is 9.59 Å². The van der Waals surface area contributed by atoms with Gasteiger partial charge in [-0.2, -0.15) is 0 Å². The number of halogens is 1. The third kappa shape index (κ3) is 6.07. The molecule has 0 aliphatic carbocycles. The molecule has 228 valence electrons. The van der Waals surface area contributed by atoms with Crippen LogP contribution in [0.1, 0.15) is 71.2 Å². The van der Waals surface area contributed by atoms with Crippen molar-refractivity contribution < 1.29 is 18.7 Å². The number of aromatic nitrogens is 3. The first-order chi connectivity index (χ1) is 20.0. The van der Waals surface area contributed by atoms with Crippen LogP contribution in [-0.2, 0) is 4.79 Å². The van der Waals surface area contributed by atoms with Gasteiger partial charge >= 0.3 is 0 Å². The number of hydrogen-bond donors (Lipinski definition) is 1. The van der Waals surface area contributed by atoms with Crippen LogP contribution >= 0.6 is 0 Å². The molecular weight excluding hydrogens is 537 g/mol. The zero-order chi connectivity index (χ0) is 30.2. The molecule has 0 saturated carbocycles. The van der Waals surface area contributed by atoms with E-state index in [0.29, 0.717) is 17.7 Å². The topological polar surface area (TPSA) is 104 Å². The monoisotopic (exact) mass is 581 g/mol. The van der Waals surface area contributed by atoms with Crippen molar-refractivity contribution in [2.24, 2.45) is 17.3 Å². The van der Waals surface area contributed by atoms with E-state index in [1.165, 1.54) is 24.5 Å². The Balaban J connectivity index is 1.25. The van der Waals surface area contributed by atoms with E-state index in [4.69, 9.17) is 4.74 Å². The van der Waals surface area contributed by atoms with Crippen LogP contribution in [0.2, 0.25) is 0 Å². The highest BCUT2D eigenvalue weighted by atomic mass is 19.1. The Kier molecular flexibility index (Phi) is 8.68. The van der Waals surface area contributed by atoms with Crippen molar-refractivity contribution in [3.63, 3.8) is 0 Å². The van der Waals surface area contributed by atoms with Crippen LogP contribution in [-0.4, -0.2) is 87.6 Å². The van der Waals surface area contributed by atoms with Gasteiger partial charge in [-0.15, -0.1) is 10.2 Å². The number of carbonyl (C=O) groups excluding carboxylic acids is 2. The molecule has 1 N–H and O–H groups in total. The van der Waals surface area contributed by atoms with E-state index >= 15 is 0 Å². The molecule has 0 radical (unpaired) electrons. The smallest absolute Gasteiger partial charge is 0.282 e. The average Bonchev–Trinajstić information content (AvgIpc) is 2.94. The van der Waals surface area contributed by atoms with Crippen molar-refractivity contribution in [1.29, 1.82) is 0 Å². The van der Waals surface area contributed by atoms with Crippen LogP contribution < -0.4 is 15.0 Å². The number of rotatable bonds is 7. The molecule has 4 heterocycles. The molecule has 10 nitrogen and oxygen atoms in total. The summed E-state index contributed by atoms with van der Waals surface area (Å²) in [6, 6.07) is 3.69. The van der Waals surface area contributed by atoms with Gasteiger partial charge in [-0.1, -0.05) is 13.8 Å². The third-order valence-corrected chi connectivity index (χ3v) is 9.35. The number of hydrogen-bond acceptors (Lipinski definition) is 8. The van der Waals surface area contributed by atoms with Gasteiger partial charge in [0.1, 0.15) is 17.9 Å². The Morgan fingerprint density at radius 1 is 1.10 bits per heavy atom. The fourth-order valence-electron chi connectivity index (χ4n) is 6.66. The fourth-order valence-corrected chi connectivity index (χ4v) is 6.66. The Morgan fingerprint density at radius 2 is 1.79 bits per heavy atom. The highest BCUT2D eigenvalue weighted by Gasteiger charge is 2.47. The van der Waals surface area contributed by atoms with Crippen LogP contribution in [0.15, 0.2) is 24.5 Å². The normalized spacial score (nSPS) is 23.7. The third-order valence-electron chi connectivity index (χ3n) is 9.35. The molecular formula is C31H44FN7O3. The zero-order valence-corrected chi connectivity index (χ0v) is 25.6. The molecule has 0 bridgehead atoms. The summed E-state index contributed by atoms with van der Waals surface area (Å²) < 4.78 is 20.4. The number of likely N-dealkylation sites (tertiary alicyclic amines) is 1. The Labute approximate surface area is 248 Å². The molecule has 1 aromatic heterocycles. The quantitative estimate of drug-likeness (QED) is 0.521. The summed E-state index contributed by atoms with van der Waals surface area (Å²) >= 11 is 0. The lowest BCUT2D eigenvalue weighted by molar-refractivity contribution is -0.137. The number of anilines is 1. The minimum atomic E-state index is -0.520. The van der Waals surface area contributed by atoms with Crippen LogP contribution in [0.5, 0.6) is 11.6 Å². The summed E-state index contributed by atoms with van der Waals surface area (Å²) in [5.74, 6) is 1.45. The summed E-state index contributed by atoms with van der Waals surface area (Å²) in [4.78, 5) is 37.0. The first-order valence-corrected chi connectivity index (χ1v) is 15.2. The van der Waals surface area contributed by atoms with E-state index < -0.39 is 5.82 Å². The van der Waals surface area contributed by atoms with Crippen molar-refractivity contribution in [3.05, 3.63) is 35.9 Å². The van der Waals surface area contributed by atoms with Crippen LogP contribution in [0, 0.1) is 23.1 Å². The zero-order valence-electron chi connectivity index (χ0n) is 25.6. The molecule has 42 heavy (non-hydrogen) atoms. The summed E-state index contributed by atoms with van der Waals surface area (Å²) in [5, 5.41) is 11.6. The molecule has 3 fully saturated rings. The minimum absolute atomic E-state index is 0.0764. The molecule has 1 spiro atoms. The highest BCUT2D eigenvalue weighted by Crippen LogP contribution is 2.44. The maximum Gasteiger partial charge on any atom is 0.282 e. The fraction of sp³-hybridized carbons (Fsp3) is 0.645. The van der Waals surface area contributed by atoms with Gasteiger partial charge in [0.25, 0.3) is 11.8 Å². The van der Waals surface area contributed by atoms with Crippen molar-refractivity contribution in [3.8, 4) is 11.6 Å². The lowest BCUT2D eigenvalue weighted by atomic mass is 9.72. The summed E-state index contributed by atoms with van der Waals surface area (Å²) in [5.41, 5.74) is 0.231. The second-order valence-corrected chi connectivity index (χ2v) is 13.1. The number of carbonyl (C=O) groups is 2. The Hall–Kier alpha value is -3.34. The predicted molar refractivity (Wildman–Crippen MR) is 158 cm³/mol. The van der Waals surface area contributed by atoms with Crippen molar-refractivity contribution in [2.75, 3.05) is 37.6 Å². The molecule has 3 atom stereocenters. The van der Waals surface area contributed by atoms with E-state index in [-0.39, 0.29) is 52.5 Å². The average molecular weight is 582 g/mol. The van der Waals surface area contributed by atoms with E-state index in [1.54, 1.807) is 4.90 Å². The largest absolute Gasteiger partial charge is 0.434 e. The summed E-state index contributed by atoms with van der Waals surface area (Å²) in [6.45, 7) is 16.1. The van der Waals surface area contributed by atoms with Gasteiger partial charge in [-0.25, -0.2) is 9.37 Å². The number of nitrogens with one attached hydrogen (secondary N) is 1. The summed E-state index contributed by atoms with van der Waals surface area (Å²) in [7, 11) is 0. The maximum atomic E-state index is 14.3. The molecule has 3 aliphatic heterocycles. The Morgan fingerprint density at radius 3 is 2.43 bits per heavy atom. The molecule has 3 saturated heterocycles. The number of nitrogens with zero attached hydrogens (tertiary/aromatic N) is 6. The van der Waals surface area contributed by atoms with Crippen molar-refractivity contribution in [1.82, 2.24) is 30.3 Å². The maximum absolute atomic E-state index is 14.3. The first-order valence-electron chi connectivity index (χ1n) is 15.2. The first kappa shape index (κ1) is 30.1. The Bertz CT molecular complexity index is 1280. The van der Waals surface area contributed by atoms with Gasteiger partial charge in [0.2, 0.25) is 5.91 Å². The van der Waals surface area contributed by atoms with Gasteiger partial charge < -0.3 is 24.8 Å². The molecule has 2 aromatic rings. The molecule has 1 unspecified atom stereocenters. The number of benzene rings is 1. The molecule has 2 amide bonds. The summed E-state index contributed by atoms with van der Waals surface area (Å²) in [6.07, 6.45) is 4.13. The predicted octanol–water partition coefficient (Wildman–Crippen LogP) is 4.12. The number of piperidine rings is 2. The van der Waals surface area contributed by atoms with Gasteiger partial charge in [-0.05, 0) is 83.5 Å². The molecule has 11 heteroatoms. The lowest BCUT2D eigenvalue weighted by Crippen LogP contribution is -2.62. The van der Waals surface area contributed by atoms with Crippen molar-refractivity contribution >= 4 is 17.6 Å². The van der Waals surface area contributed by atoms with E-state index in [9.17, 15) is 14.0 Å².